The second-order valence-corrected chi connectivity index (χ2v) is 7.13. The van der Waals surface area contributed by atoms with Crippen molar-refractivity contribution in [2.24, 2.45) is 12.2 Å². The second kappa shape index (κ2) is 8.61. The SMILES string of the molecule is Cn1cc(C(=O)c2ccc(Cl)cc2Cl)cc1/C=N\OCc1ccc(Cl)cc1. The molecule has 0 aliphatic carbocycles. The van der Waals surface area contributed by atoms with Crippen LogP contribution in [0.25, 0.3) is 0 Å². The summed E-state index contributed by atoms with van der Waals surface area (Å²) in [6, 6.07) is 13.8. The fourth-order valence-corrected chi connectivity index (χ4v) is 3.07. The molecule has 27 heavy (non-hydrogen) atoms. The van der Waals surface area contributed by atoms with Crippen LogP contribution in [0.5, 0.6) is 0 Å². The third kappa shape index (κ3) is 4.92. The number of nitrogens with zero attached hydrogens (tertiary/aromatic N) is 2. The minimum Gasteiger partial charge on any atom is -0.391 e. The van der Waals surface area contributed by atoms with Crippen LogP contribution in [0.2, 0.25) is 15.1 Å². The molecule has 3 aromatic rings. The van der Waals surface area contributed by atoms with E-state index in [4.69, 9.17) is 39.6 Å². The monoisotopic (exact) mass is 420 g/mol. The molecule has 3 rings (SSSR count). The van der Waals surface area contributed by atoms with Crippen LogP contribution in [0.3, 0.4) is 0 Å². The molecule has 0 unspecified atom stereocenters. The largest absolute Gasteiger partial charge is 0.391 e. The molecular weight excluding hydrogens is 407 g/mol. The Morgan fingerprint density at radius 3 is 2.48 bits per heavy atom. The van der Waals surface area contributed by atoms with Crippen molar-refractivity contribution in [1.29, 1.82) is 0 Å². The highest BCUT2D eigenvalue weighted by Gasteiger charge is 2.15. The zero-order chi connectivity index (χ0) is 19.4. The van der Waals surface area contributed by atoms with E-state index in [0.29, 0.717) is 32.8 Å². The standard InChI is InChI=1S/C20H15Cl3N2O2/c1-25-11-14(20(26)18-7-6-16(22)9-19(18)23)8-17(25)10-24-27-12-13-2-4-15(21)5-3-13/h2-11H,12H2,1H3/b24-10-. The van der Waals surface area contributed by atoms with Crippen LogP contribution in [0.15, 0.2) is 59.9 Å². The molecule has 0 aliphatic heterocycles. The summed E-state index contributed by atoms with van der Waals surface area (Å²) in [7, 11) is 1.82. The predicted octanol–water partition coefficient (Wildman–Crippen LogP) is 5.77. The van der Waals surface area contributed by atoms with Crippen LogP contribution in [-0.4, -0.2) is 16.6 Å². The Bertz CT molecular complexity index is 995. The molecular formula is C20H15Cl3N2O2. The number of aromatic nitrogens is 1. The summed E-state index contributed by atoms with van der Waals surface area (Å²) < 4.78 is 1.78. The van der Waals surface area contributed by atoms with Crippen molar-refractivity contribution in [2.45, 2.75) is 6.61 Å². The van der Waals surface area contributed by atoms with E-state index in [1.807, 2.05) is 19.2 Å². The van der Waals surface area contributed by atoms with Crippen LogP contribution >= 0.6 is 34.8 Å². The average Bonchev–Trinajstić information content (AvgIpc) is 3.00. The Balaban J connectivity index is 1.68. The first-order chi connectivity index (χ1) is 12.9. The molecule has 0 fully saturated rings. The number of hydrogen-bond acceptors (Lipinski definition) is 3. The highest BCUT2D eigenvalue weighted by Crippen LogP contribution is 2.24. The molecule has 4 nitrogen and oxygen atoms in total. The van der Waals surface area contributed by atoms with E-state index in [-0.39, 0.29) is 5.78 Å². The number of ketones is 1. The van der Waals surface area contributed by atoms with E-state index in [2.05, 4.69) is 5.16 Å². The molecule has 2 aromatic carbocycles. The van der Waals surface area contributed by atoms with Crippen molar-refractivity contribution >= 4 is 46.8 Å². The van der Waals surface area contributed by atoms with Crippen LogP contribution in [-0.2, 0) is 18.5 Å². The quantitative estimate of drug-likeness (QED) is 0.288. The van der Waals surface area contributed by atoms with Gasteiger partial charge in [0.05, 0.1) is 16.9 Å². The summed E-state index contributed by atoms with van der Waals surface area (Å²) in [5.74, 6) is -0.186. The molecule has 0 bridgehead atoms. The van der Waals surface area contributed by atoms with Gasteiger partial charge in [0.25, 0.3) is 0 Å². The van der Waals surface area contributed by atoms with Gasteiger partial charge in [0.2, 0.25) is 0 Å². The number of carbonyl (C=O) groups excluding carboxylic acids is 1. The third-order valence-corrected chi connectivity index (χ3v) is 4.69. The van der Waals surface area contributed by atoms with Gasteiger partial charge in [0, 0.05) is 34.4 Å². The van der Waals surface area contributed by atoms with E-state index < -0.39 is 0 Å². The first-order valence-electron chi connectivity index (χ1n) is 8.00. The number of hydrogen-bond donors (Lipinski definition) is 0. The summed E-state index contributed by atoms with van der Waals surface area (Å²) in [4.78, 5) is 18.0. The molecule has 0 saturated carbocycles. The highest BCUT2D eigenvalue weighted by molar-refractivity contribution is 6.37. The Hall–Kier alpha value is -2.27. The number of aryl methyl sites for hydroxylation is 1. The van der Waals surface area contributed by atoms with Crippen molar-refractivity contribution in [3.8, 4) is 0 Å². The van der Waals surface area contributed by atoms with E-state index in [1.54, 1.807) is 53.4 Å². The van der Waals surface area contributed by atoms with Gasteiger partial charge in [-0.05, 0) is 42.0 Å². The van der Waals surface area contributed by atoms with E-state index in [9.17, 15) is 4.79 Å². The molecule has 7 heteroatoms. The van der Waals surface area contributed by atoms with Gasteiger partial charge < -0.3 is 9.40 Å². The molecule has 0 saturated heterocycles. The molecule has 0 spiro atoms. The van der Waals surface area contributed by atoms with Crippen LogP contribution < -0.4 is 0 Å². The Labute approximate surface area is 171 Å². The summed E-state index contributed by atoms with van der Waals surface area (Å²) in [5, 5.41) is 5.43. The Morgan fingerprint density at radius 1 is 1.07 bits per heavy atom. The molecule has 138 valence electrons. The fraction of sp³-hybridized carbons (Fsp3) is 0.100. The van der Waals surface area contributed by atoms with E-state index in [1.165, 1.54) is 0 Å². The average molecular weight is 422 g/mol. The van der Waals surface area contributed by atoms with E-state index in [0.717, 1.165) is 11.3 Å². The minimum absolute atomic E-state index is 0.186. The summed E-state index contributed by atoms with van der Waals surface area (Å²) in [5.41, 5.74) is 2.58. The normalized spacial score (nSPS) is 11.1. The van der Waals surface area contributed by atoms with Gasteiger partial charge >= 0.3 is 0 Å². The van der Waals surface area contributed by atoms with Gasteiger partial charge in [0.15, 0.2) is 5.78 Å². The van der Waals surface area contributed by atoms with Crippen molar-refractivity contribution < 1.29 is 9.63 Å². The second-order valence-electron chi connectivity index (χ2n) is 5.85. The molecule has 0 amide bonds. The zero-order valence-corrected chi connectivity index (χ0v) is 16.6. The zero-order valence-electron chi connectivity index (χ0n) is 14.3. The number of carbonyl (C=O) groups is 1. The molecule has 1 aromatic heterocycles. The topological polar surface area (TPSA) is 43.6 Å². The molecule has 0 aliphatic rings. The van der Waals surface area contributed by atoms with Gasteiger partial charge in [-0.2, -0.15) is 0 Å². The number of halogens is 3. The predicted molar refractivity (Wildman–Crippen MR) is 109 cm³/mol. The smallest absolute Gasteiger partial charge is 0.196 e. The van der Waals surface area contributed by atoms with Crippen molar-refractivity contribution in [1.82, 2.24) is 4.57 Å². The lowest BCUT2D eigenvalue weighted by Crippen LogP contribution is -2.00. The highest BCUT2D eigenvalue weighted by atomic mass is 35.5. The lowest BCUT2D eigenvalue weighted by atomic mass is 10.1. The number of benzene rings is 2. The third-order valence-electron chi connectivity index (χ3n) is 3.89. The number of oxime groups is 1. The van der Waals surface area contributed by atoms with Crippen molar-refractivity contribution in [3.05, 3.63) is 92.2 Å². The van der Waals surface area contributed by atoms with Crippen LogP contribution in [0.1, 0.15) is 27.2 Å². The minimum atomic E-state index is -0.186. The Kier molecular flexibility index (Phi) is 6.22. The summed E-state index contributed by atoms with van der Waals surface area (Å²) >= 11 is 17.9. The van der Waals surface area contributed by atoms with Crippen molar-refractivity contribution in [2.75, 3.05) is 0 Å². The van der Waals surface area contributed by atoms with Gasteiger partial charge in [0.1, 0.15) is 6.61 Å². The van der Waals surface area contributed by atoms with Crippen molar-refractivity contribution in [3.63, 3.8) is 0 Å². The Morgan fingerprint density at radius 2 is 1.78 bits per heavy atom. The van der Waals surface area contributed by atoms with Crippen LogP contribution in [0.4, 0.5) is 0 Å². The van der Waals surface area contributed by atoms with Gasteiger partial charge in [-0.1, -0.05) is 52.1 Å². The lowest BCUT2D eigenvalue weighted by Gasteiger charge is -2.02. The summed E-state index contributed by atoms with van der Waals surface area (Å²) in [6.45, 7) is 0.324. The maximum atomic E-state index is 12.7. The first kappa shape index (κ1) is 19.5. The molecule has 0 radical (unpaired) electrons. The van der Waals surface area contributed by atoms with E-state index >= 15 is 0 Å². The molecule has 0 N–H and O–H groups in total. The maximum absolute atomic E-state index is 12.7. The molecule has 0 atom stereocenters. The van der Waals surface area contributed by atoms with Crippen LogP contribution in [0, 0.1) is 0 Å². The van der Waals surface area contributed by atoms with Gasteiger partial charge in [-0.15, -0.1) is 0 Å². The number of rotatable bonds is 6. The fourth-order valence-electron chi connectivity index (χ4n) is 2.45. The summed E-state index contributed by atoms with van der Waals surface area (Å²) in [6.07, 6.45) is 3.27. The maximum Gasteiger partial charge on any atom is 0.196 e. The van der Waals surface area contributed by atoms with Gasteiger partial charge in [-0.3, -0.25) is 4.79 Å². The van der Waals surface area contributed by atoms with Gasteiger partial charge in [-0.25, -0.2) is 0 Å². The lowest BCUT2D eigenvalue weighted by molar-refractivity contribution is 0.103. The first-order valence-corrected chi connectivity index (χ1v) is 9.13. The molecule has 1 heterocycles.